The Hall–Kier alpha value is -0.823. The van der Waals surface area contributed by atoms with Crippen LogP contribution < -0.4 is 0 Å². The van der Waals surface area contributed by atoms with E-state index >= 15 is 0 Å². The minimum Gasteiger partial charge on any atom is -0.0653 e. The monoisotopic (exact) mass is 241 g/mol. The van der Waals surface area contributed by atoms with Gasteiger partial charge in [0.05, 0.1) is 8.80 Å². The summed E-state index contributed by atoms with van der Waals surface area (Å²) in [6.07, 6.45) is 6.73. The highest BCUT2D eigenvalue weighted by molar-refractivity contribution is 6.62. The molecule has 0 nitrogen and oxygen atoms in total. The first-order valence-corrected chi connectivity index (χ1v) is 8.95. The van der Waals surface area contributed by atoms with E-state index in [1.165, 1.54) is 24.8 Å². The molecule has 0 bridgehead atoms. The molecule has 1 atom stereocenters. The molecule has 1 fully saturated rings. The Labute approximate surface area is 106 Å². The number of hydrogen-bond acceptors (Lipinski definition) is 0. The number of aryl methyl sites for hydroxylation is 1. The van der Waals surface area contributed by atoms with Gasteiger partial charge in [-0.1, -0.05) is 61.7 Å². The minimum absolute atomic E-state index is 0.147. The van der Waals surface area contributed by atoms with Gasteiger partial charge in [-0.05, 0) is 35.6 Å². The van der Waals surface area contributed by atoms with Crippen LogP contribution in [0.2, 0.25) is 12.1 Å². The first-order chi connectivity index (χ1) is 8.31. The number of rotatable bonds is 2. The standard InChI is InChI=1S/C16H21Si/c1-3-13-11-15-12(2)7-6-8-14(15)16(13)17-9-4-5-10-17/h6-8,11,16H,3-5,9-10H2,1-2H3. The molecular weight excluding hydrogens is 220 g/mol. The van der Waals surface area contributed by atoms with Crippen molar-refractivity contribution in [2.75, 3.05) is 0 Å². The van der Waals surface area contributed by atoms with E-state index in [9.17, 15) is 0 Å². The zero-order valence-electron chi connectivity index (χ0n) is 10.9. The maximum atomic E-state index is 2.51. The van der Waals surface area contributed by atoms with E-state index in [2.05, 4.69) is 38.1 Å². The summed E-state index contributed by atoms with van der Waals surface area (Å²) in [4.78, 5) is 0. The van der Waals surface area contributed by atoms with Gasteiger partial charge in [-0.25, -0.2) is 0 Å². The fraction of sp³-hybridized carbons (Fsp3) is 0.500. The van der Waals surface area contributed by atoms with E-state index in [0.29, 0.717) is 0 Å². The van der Waals surface area contributed by atoms with Crippen LogP contribution in [0.25, 0.3) is 6.08 Å². The van der Waals surface area contributed by atoms with Gasteiger partial charge in [0.25, 0.3) is 0 Å². The van der Waals surface area contributed by atoms with Crippen molar-refractivity contribution in [2.45, 2.75) is 50.7 Å². The van der Waals surface area contributed by atoms with Crippen LogP contribution in [0, 0.1) is 6.92 Å². The first-order valence-electron chi connectivity index (χ1n) is 6.96. The molecule has 0 saturated carbocycles. The summed E-state index contributed by atoms with van der Waals surface area (Å²) in [6.45, 7) is 4.59. The van der Waals surface area contributed by atoms with Gasteiger partial charge in [-0.3, -0.25) is 0 Å². The third-order valence-corrected chi connectivity index (χ3v) is 7.92. The molecule has 0 amide bonds. The van der Waals surface area contributed by atoms with Crippen LogP contribution in [-0.4, -0.2) is 8.80 Å². The SMILES string of the molecule is CCC1=Cc2c(C)cccc2C1[Si]1CCCC1. The summed E-state index contributed by atoms with van der Waals surface area (Å²) in [5, 5.41) is 0. The molecule has 1 aromatic rings. The van der Waals surface area contributed by atoms with Crippen molar-refractivity contribution in [3.8, 4) is 0 Å². The van der Waals surface area contributed by atoms with Crippen molar-refractivity contribution in [3.63, 3.8) is 0 Å². The van der Waals surface area contributed by atoms with Crippen LogP contribution >= 0.6 is 0 Å². The first kappa shape index (κ1) is 11.3. The van der Waals surface area contributed by atoms with Crippen LogP contribution in [0.3, 0.4) is 0 Å². The third kappa shape index (κ3) is 1.81. The van der Waals surface area contributed by atoms with Crippen molar-refractivity contribution < 1.29 is 0 Å². The van der Waals surface area contributed by atoms with Gasteiger partial charge in [-0.15, -0.1) is 0 Å². The molecule has 1 aromatic carbocycles. The molecule has 2 aliphatic rings. The number of fused-ring (bicyclic) bond motifs is 1. The zero-order valence-corrected chi connectivity index (χ0v) is 11.9. The molecule has 1 unspecified atom stereocenters. The Morgan fingerprint density at radius 1 is 1.24 bits per heavy atom. The Morgan fingerprint density at radius 3 is 2.71 bits per heavy atom. The average Bonchev–Trinajstić information content (AvgIpc) is 2.94. The normalized spacial score (nSPS) is 23.9. The van der Waals surface area contributed by atoms with Crippen LogP contribution in [0.1, 0.15) is 48.4 Å². The fourth-order valence-electron chi connectivity index (χ4n) is 3.53. The van der Waals surface area contributed by atoms with Gasteiger partial charge < -0.3 is 0 Å². The van der Waals surface area contributed by atoms with E-state index in [1.54, 1.807) is 28.8 Å². The lowest BCUT2D eigenvalue weighted by molar-refractivity contribution is 0.935. The molecule has 0 spiro atoms. The van der Waals surface area contributed by atoms with Gasteiger partial charge in [0.2, 0.25) is 0 Å². The second-order valence-corrected chi connectivity index (χ2v) is 8.34. The molecule has 1 heterocycles. The molecule has 17 heavy (non-hydrogen) atoms. The highest BCUT2D eigenvalue weighted by Crippen LogP contribution is 2.44. The van der Waals surface area contributed by atoms with Crippen LogP contribution in [-0.2, 0) is 0 Å². The van der Waals surface area contributed by atoms with E-state index in [-0.39, 0.29) is 8.80 Å². The number of benzene rings is 1. The quantitative estimate of drug-likeness (QED) is 0.658. The Morgan fingerprint density at radius 2 is 2.00 bits per heavy atom. The van der Waals surface area contributed by atoms with Gasteiger partial charge in [0, 0.05) is 0 Å². The summed E-state index contributed by atoms with van der Waals surface area (Å²) >= 11 is 0. The predicted molar refractivity (Wildman–Crippen MR) is 76.8 cm³/mol. The largest absolute Gasteiger partial charge is 0.0653 e. The molecule has 1 aliphatic heterocycles. The van der Waals surface area contributed by atoms with E-state index in [0.717, 1.165) is 5.54 Å². The van der Waals surface area contributed by atoms with Gasteiger partial charge >= 0.3 is 0 Å². The van der Waals surface area contributed by atoms with Crippen LogP contribution in [0.4, 0.5) is 0 Å². The molecule has 89 valence electrons. The Bertz CT molecular complexity index is 453. The molecular formula is C16H21Si. The lowest BCUT2D eigenvalue weighted by atomic mass is 10.0. The minimum atomic E-state index is -0.147. The molecule has 1 heteroatoms. The number of allylic oxidation sites excluding steroid dienone is 1. The summed E-state index contributed by atoms with van der Waals surface area (Å²) in [5.41, 5.74) is 7.26. The van der Waals surface area contributed by atoms with E-state index < -0.39 is 0 Å². The summed E-state index contributed by atoms with van der Waals surface area (Å²) < 4.78 is 0. The second kappa shape index (κ2) is 4.45. The Balaban J connectivity index is 2.04. The fourth-order valence-corrected chi connectivity index (χ4v) is 7.27. The Kier molecular flexibility index (Phi) is 2.95. The lowest BCUT2D eigenvalue weighted by Gasteiger charge is -2.21. The molecule has 0 N–H and O–H groups in total. The van der Waals surface area contributed by atoms with Crippen LogP contribution in [0.15, 0.2) is 23.8 Å². The van der Waals surface area contributed by atoms with Crippen molar-refractivity contribution in [1.29, 1.82) is 0 Å². The molecule has 1 radical (unpaired) electrons. The van der Waals surface area contributed by atoms with Gasteiger partial charge in [0.1, 0.15) is 0 Å². The molecule has 3 rings (SSSR count). The lowest BCUT2D eigenvalue weighted by Crippen LogP contribution is -2.20. The third-order valence-electron chi connectivity index (χ3n) is 4.43. The second-order valence-electron chi connectivity index (χ2n) is 5.45. The summed E-state index contributed by atoms with van der Waals surface area (Å²) in [6, 6.07) is 9.99. The topological polar surface area (TPSA) is 0 Å². The molecule has 1 saturated heterocycles. The highest BCUT2D eigenvalue weighted by atomic mass is 28.3. The highest BCUT2D eigenvalue weighted by Gasteiger charge is 2.34. The number of hydrogen-bond donors (Lipinski definition) is 0. The van der Waals surface area contributed by atoms with E-state index in [1.807, 2.05) is 0 Å². The van der Waals surface area contributed by atoms with Crippen molar-refractivity contribution in [1.82, 2.24) is 0 Å². The smallest absolute Gasteiger partial charge is 0.0616 e. The summed E-state index contributed by atoms with van der Waals surface area (Å²) in [7, 11) is -0.147. The zero-order chi connectivity index (χ0) is 11.8. The maximum Gasteiger partial charge on any atom is 0.0616 e. The van der Waals surface area contributed by atoms with Crippen molar-refractivity contribution >= 4 is 14.9 Å². The van der Waals surface area contributed by atoms with Crippen molar-refractivity contribution in [2.24, 2.45) is 0 Å². The molecule has 1 aliphatic carbocycles. The maximum absolute atomic E-state index is 2.51. The summed E-state index contributed by atoms with van der Waals surface area (Å²) in [5.74, 6) is 0. The van der Waals surface area contributed by atoms with Gasteiger partial charge in [-0.2, -0.15) is 0 Å². The van der Waals surface area contributed by atoms with Gasteiger partial charge in [0.15, 0.2) is 0 Å². The van der Waals surface area contributed by atoms with Crippen molar-refractivity contribution in [3.05, 3.63) is 40.5 Å². The van der Waals surface area contributed by atoms with E-state index in [4.69, 9.17) is 0 Å². The van der Waals surface area contributed by atoms with Crippen LogP contribution in [0.5, 0.6) is 0 Å². The predicted octanol–water partition coefficient (Wildman–Crippen LogP) is 4.71. The average molecular weight is 241 g/mol. The molecule has 0 aromatic heterocycles.